The summed E-state index contributed by atoms with van der Waals surface area (Å²) in [6.07, 6.45) is -4.73. The molecular weight excluding hydrogens is 339 g/mol. The van der Waals surface area contributed by atoms with Crippen LogP contribution < -0.4 is 5.73 Å². The molecule has 0 aromatic heterocycles. The Kier molecular flexibility index (Phi) is 7.13. The highest BCUT2D eigenvalue weighted by molar-refractivity contribution is 5.73. The highest BCUT2D eigenvalue weighted by Gasteiger charge is 2.38. The van der Waals surface area contributed by atoms with Crippen LogP contribution in [0.3, 0.4) is 0 Å². The first kappa shape index (κ1) is 20.2. The van der Waals surface area contributed by atoms with Crippen LogP contribution in [0.25, 0.3) is 11.1 Å². The summed E-state index contributed by atoms with van der Waals surface area (Å²) in [5.74, 6) is -3.73. The van der Waals surface area contributed by atoms with Gasteiger partial charge < -0.3 is 15.9 Å². The minimum absolute atomic E-state index is 0.352. The highest BCUT2D eigenvalue weighted by atomic mass is 19.4. The lowest BCUT2D eigenvalue weighted by molar-refractivity contribution is -0.192. The molecule has 0 radical (unpaired) electrons. The molecule has 0 aliphatic heterocycles. The van der Waals surface area contributed by atoms with Crippen LogP contribution in [0.2, 0.25) is 0 Å². The Hall–Kier alpha value is -2.87. The second kappa shape index (κ2) is 8.84. The van der Waals surface area contributed by atoms with Crippen LogP contribution in [-0.2, 0) is 16.0 Å². The van der Waals surface area contributed by atoms with Gasteiger partial charge in [0.1, 0.15) is 6.04 Å². The van der Waals surface area contributed by atoms with Gasteiger partial charge >= 0.3 is 18.1 Å². The molecule has 0 aliphatic rings. The molecule has 0 fully saturated rings. The molecular formula is C17H16F3NO4. The summed E-state index contributed by atoms with van der Waals surface area (Å²) in [6, 6.07) is 17.0. The fraction of sp³-hybridized carbons (Fsp3) is 0.176. The largest absolute Gasteiger partial charge is 0.490 e. The molecule has 0 unspecified atom stereocenters. The Morgan fingerprint density at radius 3 is 1.76 bits per heavy atom. The van der Waals surface area contributed by atoms with Gasteiger partial charge in [-0.05, 0) is 23.1 Å². The first-order valence-corrected chi connectivity index (χ1v) is 7.04. The van der Waals surface area contributed by atoms with E-state index in [2.05, 4.69) is 0 Å². The fourth-order valence-electron chi connectivity index (χ4n) is 1.81. The molecule has 0 aliphatic carbocycles. The van der Waals surface area contributed by atoms with Crippen molar-refractivity contribution in [2.75, 3.05) is 0 Å². The number of alkyl halides is 3. The first-order valence-electron chi connectivity index (χ1n) is 7.04. The molecule has 5 nitrogen and oxygen atoms in total. The molecule has 0 heterocycles. The predicted molar refractivity (Wildman–Crippen MR) is 84.9 cm³/mol. The van der Waals surface area contributed by atoms with E-state index in [0.717, 1.165) is 16.7 Å². The summed E-state index contributed by atoms with van der Waals surface area (Å²) >= 11 is 0. The van der Waals surface area contributed by atoms with Crippen LogP contribution in [0, 0.1) is 0 Å². The van der Waals surface area contributed by atoms with Crippen molar-refractivity contribution in [3.8, 4) is 11.1 Å². The molecule has 8 heteroatoms. The second-order valence-corrected chi connectivity index (χ2v) is 5.01. The third-order valence-corrected chi connectivity index (χ3v) is 3.08. The van der Waals surface area contributed by atoms with Crippen LogP contribution in [0.4, 0.5) is 13.2 Å². The van der Waals surface area contributed by atoms with Gasteiger partial charge in [0, 0.05) is 0 Å². The lowest BCUT2D eigenvalue weighted by atomic mass is 10.0. The SMILES string of the molecule is N[C@H](Cc1ccc(-c2ccccc2)cc1)C(=O)O.O=C(O)C(F)(F)F. The number of carboxylic acid groups (broad SMARTS) is 2. The third kappa shape index (κ3) is 7.05. The van der Waals surface area contributed by atoms with E-state index < -0.39 is 24.2 Å². The predicted octanol–water partition coefficient (Wildman–Crippen LogP) is 2.94. The zero-order valence-electron chi connectivity index (χ0n) is 12.9. The van der Waals surface area contributed by atoms with Gasteiger partial charge in [0.25, 0.3) is 0 Å². The minimum Gasteiger partial charge on any atom is -0.480 e. The number of benzene rings is 2. The summed E-state index contributed by atoms with van der Waals surface area (Å²) in [6.45, 7) is 0. The van der Waals surface area contributed by atoms with Crippen molar-refractivity contribution in [2.24, 2.45) is 5.73 Å². The molecule has 0 saturated heterocycles. The van der Waals surface area contributed by atoms with Gasteiger partial charge in [0.2, 0.25) is 0 Å². The molecule has 25 heavy (non-hydrogen) atoms. The molecule has 0 spiro atoms. The molecule has 2 rings (SSSR count). The Labute approximate surface area is 141 Å². The van der Waals surface area contributed by atoms with Gasteiger partial charge in [-0.3, -0.25) is 4.79 Å². The molecule has 0 amide bonds. The van der Waals surface area contributed by atoms with Gasteiger partial charge in [-0.2, -0.15) is 13.2 Å². The quantitative estimate of drug-likeness (QED) is 0.783. The summed E-state index contributed by atoms with van der Waals surface area (Å²) < 4.78 is 31.7. The molecule has 0 saturated carbocycles. The number of aliphatic carboxylic acids is 2. The number of carboxylic acids is 2. The summed E-state index contributed by atoms with van der Waals surface area (Å²) in [5.41, 5.74) is 8.69. The van der Waals surface area contributed by atoms with Crippen LogP contribution in [-0.4, -0.2) is 34.4 Å². The smallest absolute Gasteiger partial charge is 0.480 e. The van der Waals surface area contributed by atoms with E-state index in [9.17, 15) is 18.0 Å². The number of halogens is 3. The van der Waals surface area contributed by atoms with Crippen LogP contribution in [0.5, 0.6) is 0 Å². The zero-order valence-corrected chi connectivity index (χ0v) is 12.9. The number of rotatable bonds is 4. The Morgan fingerprint density at radius 1 is 0.920 bits per heavy atom. The van der Waals surface area contributed by atoms with Crippen molar-refractivity contribution >= 4 is 11.9 Å². The molecule has 1 atom stereocenters. The Morgan fingerprint density at radius 2 is 1.36 bits per heavy atom. The Balaban J connectivity index is 0.000000381. The number of hydrogen-bond acceptors (Lipinski definition) is 3. The normalized spacial score (nSPS) is 11.8. The standard InChI is InChI=1S/C15H15NO2.C2HF3O2/c16-14(15(17)18)10-11-6-8-13(9-7-11)12-4-2-1-3-5-12;3-2(4,5)1(6)7/h1-9,14H,10,16H2,(H,17,18);(H,6,7)/t14-;/m1./s1. The van der Waals surface area contributed by atoms with E-state index in [1.54, 1.807) is 0 Å². The fourth-order valence-corrected chi connectivity index (χ4v) is 1.81. The van der Waals surface area contributed by atoms with E-state index in [1.807, 2.05) is 54.6 Å². The van der Waals surface area contributed by atoms with Crippen molar-refractivity contribution in [2.45, 2.75) is 18.6 Å². The minimum atomic E-state index is -5.08. The van der Waals surface area contributed by atoms with Crippen LogP contribution >= 0.6 is 0 Å². The number of carbonyl (C=O) groups is 2. The third-order valence-electron chi connectivity index (χ3n) is 3.08. The maximum absolute atomic E-state index is 10.7. The summed E-state index contributed by atoms with van der Waals surface area (Å²) in [5, 5.41) is 15.9. The lowest BCUT2D eigenvalue weighted by Gasteiger charge is -2.07. The summed E-state index contributed by atoms with van der Waals surface area (Å²) in [7, 11) is 0. The zero-order chi connectivity index (χ0) is 19.0. The maximum atomic E-state index is 10.7. The molecule has 2 aromatic rings. The van der Waals surface area contributed by atoms with Gasteiger partial charge in [0.05, 0.1) is 0 Å². The van der Waals surface area contributed by atoms with E-state index >= 15 is 0 Å². The van der Waals surface area contributed by atoms with E-state index in [1.165, 1.54) is 0 Å². The average molecular weight is 355 g/mol. The Bertz CT molecular complexity index is 700. The lowest BCUT2D eigenvalue weighted by Crippen LogP contribution is -2.32. The summed E-state index contributed by atoms with van der Waals surface area (Å²) in [4.78, 5) is 19.6. The van der Waals surface area contributed by atoms with Crippen molar-refractivity contribution in [3.63, 3.8) is 0 Å². The number of hydrogen-bond donors (Lipinski definition) is 3. The van der Waals surface area contributed by atoms with Crippen molar-refractivity contribution < 1.29 is 33.0 Å². The van der Waals surface area contributed by atoms with Gasteiger partial charge in [-0.15, -0.1) is 0 Å². The molecule has 2 aromatic carbocycles. The molecule has 4 N–H and O–H groups in total. The van der Waals surface area contributed by atoms with E-state index in [0.29, 0.717) is 6.42 Å². The second-order valence-electron chi connectivity index (χ2n) is 5.01. The van der Waals surface area contributed by atoms with Crippen LogP contribution in [0.15, 0.2) is 54.6 Å². The highest BCUT2D eigenvalue weighted by Crippen LogP contribution is 2.19. The van der Waals surface area contributed by atoms with Gasteiger partial charge in [-0.25, -0.2) is 4.79 Å². The monoisotopic (exact) mass is 355 g/mol. The first-order chi connectivity index (χ1) is 11.6. The maximum Gasteiger partial charge on any atom is 0.490 e. The molecule has 0 bridgehead atoms. The van der Waals surface area contributed by atoms with Gasteiger partial charge in [0.15, 0.2) is 0 Å². The van der Waals surface area contributed by atoms with Crippen LogP contribution in [0.1, 0.15) is 5.56 Å². The average Bonchev–Trinajstić information content (AvgIpc) is 2.56. The van der Waals surface area contributed by atoms with Crippen molar-refractivity contribution in [1.82, 2.24) is 0 Å². The van der Waals surface area contributed by atoms with Crippen molar-refractivity contribution in [1.29, 1.82) is 0 Å². The molecule has 134 valence electrons. The number of nitrogens with two attached hydrogens (primary N) is 1. The van der Waals surface area contributed by atoms with Gasteiger partial charge in [-0.1, -0.05) is 54.6 Å². The van der Waals surface area contributed by atoms with E-state index in [-0.39, 0.29) is 0 Å². The topological polar surface area (TPSA) is 101 Å². The van der Waals surface area contributed by atoms with E-state index in [4.69, 9.17) is 20.7 Å². The van der Waals surface area contributed by atoms with Crippen molar-refractivity contribution in [3.05, 3.63) is 60.2 Å².